The van der Waals surface area contributed by atoms with Crippen LogP contribution in [0.1, 0.15) is 27.9 Å². The van der Waals surface area contributed by atoms with E-state index in [2.05, 4.69) is 10.3 Å². The van der Waals surface area contributed by atoms with E-state index in [1.54, 1.807) is 0 Å². The van der Waals surface area contributed by atoms with Gasteiger partial charge in [0.1, 0.15) is 29.1 Å². The summed E-state index contributed by atoms with van der Waals surface area (Å²) < 4.78 is 75.4. The van der Waals surface area contributed by atoms with E-state index in [-0.39, 0.29) is 15.9 Å². The Bertz CT molecular complexity index is 1480. The van der Waals surface area contributed by atoms with Crippen molar-refractivity contribution in [2.45, 2.75) is 24.2 Å². The van der Waals surface area contributed by atoms with Crippen molar-refractivity contribution in [1.29, 1.82) is 0 Å². The standard InChI is InChI=1S/C25H20ClF5N4O5/c1-40-14-6-16(27)20(17(28)7-14)15-9-34(18-8-32-11-35(23(18)38)19(10-36)25(29,30)31)24(39)21(15)33-22(37)12-2-4-13(26)5-3-12/h2-8,11,15,19,21,36H,9-10H2,1H3,(H,33,37)/t15-,19?,21-/m0/s1. The topological polar surface area (TPSA) is 114 Å². The zero-order valence-corrected chi connectivity index (χ0v) is 21.2. The minimum atomic E-state index is -5.04. The summed E-state index contributed by atoms with van der Waals surface area (Å²) in [4.78, 5) is 43.8. The largest absolute Gasteiger partial charge is 0.497 e. The zero-order chi connectivity index (χ0) is 29.4. The molecule has 212 valence electrons. The van der Waals surface area contributed by atoms with Gasteiger partial charge >= 0.3 is 6.18 Å². The van der Waals surface area contributed by atoms with E-state index in [0.29, 0.717) is 16.2 Å². The molecule has 3 aromatic rings. The van der Waals surface area contributed by atoms with Gasteiger partial charge in [0.05, 0.1) is 26.2 Å². The SMILES string of the molecule is COc1cc(F)c([C@@H]2CN(c3cncn(C(CO)C(F)(F)F)c3=O)C(=O)[C@H]2NC(=O)c2ccc(Cl)cc2)c(F)c1. The Labute approximate surface area is 227 Å². The molecule has 1 aliphatic rings. The van der Waals surface area contributed by atoms with Crippen molar-refractivity contribution < 1.29 is 41.4 Å². The quantitative estimate of drug-likeness (QED) is 0.411. The van der Waals surface area contributed by atoms with Crippen LogP contribution in [0, 0.1) is 11.6 Å². The fourth-order valence-corrected chi connectivity index (χ4v) is 4.53. The van der Waals surface area contributed by atoms with E-state index in [1.165, 1.54) is 31.4 Å². The molecule has 3 atom stereocenters. The molecule has 1 aliphatic heterocycles. The lowest BCUT2D eigenvalue weighted by Crippen LogP contribution is -2.45. The van der Waals surface area contributed by atoms with E-state index in [9.17, 15) is 32.7 Å². The van der Waals surface area contributed by atoms with Gasteiger partial charge in [-0.1, -0.05) is 11.6 Å². The summed E-state index contributed by atoms with van der Waals surface area (Å²) >= 11 is 5.84. The second kappa shape index (κ2) is 11.2. The Kier molecular flexibility index (Phi) is 8.12. The minimum Gasteiger partial charge on any atom is -0.497 e. The molecule has 1 fully saturated rings. The maximum atomic E-state index is 15.1. The highest BCUT2D eigenvalue weighted by atomic mass is 35.5. The van der Waals surface area contributed by atoms with E-state index >= 15 is 8.78 Å². The van der Waals surface area contributed by atoms with Crippen LogP contribution in [0.5, 0.6) is 5.75 Å². The summed E-state index contributed by atoms with van der Waals surface area (Å²) in [6.45, 7) is -2.10. The molecule has 0 spiro atoms. The Balaban J connectivity index is 1.80. The third-order valence-electron chi connectivity index (χ3n) is 6.38. The predicted octanol–water partition coefficient (Wildman–Crippen LogP) is 3.21. The number of nitrogens with zero attached hydrogens (tertiary/aromatic N) is 3. The molecule has 0 saturated carbocycles. The smallest absolute Gasteiger partial charge is 0.411 e. The number of benzene rings is 2. The van der Waals surface area contributed by atoms with Gasteiger partial charge in [0.25, 0.3) is 11.5 Å². The lowest BCUT2D eigenvalue weighted by Gasteiger charge is -2.22. The van der Waals surface area contributed by atoms with Crippen LogP contribution >= 0.6 is 11.6 Å². The highest BCUT2D eigenvalue weighted by Gasteiger charge is 2.47. The van der Waals surface area contributed by atoms with Crippen LogP contribution in [0.25, 0.3) is 0 Å². The average molecular weight is 587 g/mol. The van der Waals surface area contributed by atoms with E-state index in [4.69, 9.17) is 16.3 Å². The summed E-state index contributed by atoms with van der Waals surface area (Å²) in [6, 6.07) is 2.87. The minimum absolute atomic E-state index is 0.0461. The van der Waals surface area contributed by atoms with Gasteiger partial charge in [0.2, 0.25) is 5.91 Å². The molecule has 0 aliphatic carbocycles. The van der Waals surface area contributed by atoms with Gasteiger partial charge < -0.3 is 20.1 Å². The number of hydrogen-bond acceptors (Lipinski definition) is 6. The molecule has 0 radical (unpaired) electrons. The lowest BCUT2D eigenvalue weighted by atomic mass is 9.92. The Hall–Kier alpha value is -4.04. The summed E-state index contributed by atoms with van der Waals surface area (Å²) in [5.74, 6) is -5.70. The molecule has 9 nitrogen and oxygen atoms in total. The summed E-state index contributed by atoms with van der Waals surface area (Å²) in [6.07, 6.45) is -3.69. The van der Waals surface area contributed by atoms with Crippen LogP contribution in [-0.4, -0.2) is 59.0 Å². The second-order valence-corrected chi connectivity index (χ2v) is 9.19. The van der Waals surface area contributed by atoms with Crippen molar-refractivity contribution in [2.75, 3.05) is 25.2 Å². The Morgan fingerprint density at radius 3 is 2.38 bits per heavy atom. The lowest BCUT2D eigenvalue weighted by molar-refractivity contribution is -0.177. The molecule has 2 aromatic carbocycles. The second-order valence-electron chi connectivity index (χ2n) is 8.75. The summed E-state index contributed by atoms with van der Waals surface area (Å²) in [7, 11) is 1.18. The van der Waals surface area contributed by atoms with E-state index in [1.807, 2.05) is 0 Å². The highest BCUT2D eigenvalue weighted by molar-refractivity contribution is 6.30. The number of alkyl halides is 3. The molecular formula is C25H20ClF5N4O5. The van der Waals surface area contributed by atoms with Crippen LogP contribution in [0.3, 0.4) is 0 Å². The number of rotatable bonds is 7. The molecule has 15 heteroatoms. The van der Waals surface area contributed by atoms with Gasteiger partial charge in [-0.25, -0.2) is 13.8 Å². The number of ether oxygens (including phenoxy) is 1. The third kappa shape index (κ3) is 5.49. The molecule has 0 bridgehead atoms. The van der Waals surface area contributed by atoms with Gasteiger partial charge in [-0.05, 0) is 24.3 Å². The molecule has 1 saturated heterocycles. The first-order valence-electron chi connectivity index (χ1n) is 11.5. The number of hydrogen-bond donors (Lipinski definition) is 2. The summed E-state index contributed by atoms with van der Waals surface area (Å²) in [5, 5.41) is 12.0. The molecule has 2 heterocycles. The van der Waals surface area contributed by atoms with Crippen molar-refractivity contribution in [3.8, 4) is 5.75 Å². The maximum absolute atomic E-state index is 15.1. The maximum Gasteiger partial charge on any atom is 0.411 e. The van der Waals surface area contributed by atoms with Gasteiger partial charge in [0, 0.05) is 40.7 Å². The number of carbonyl (C=O) groups excluding carboxylic acids is 2. The first kappa shape index (κ1) is 29.0. The first-order chi connectivity index (χ1) is 18.9. The van der Waals surface area contributed by atoms with Gasteiger partial charge in [0.15, 0.2) is 6.04 Å². The van der Waals surface area contributed by atoms with Crippen molar-refractivity contribution >= 4 is 29.1 Å². The molecule has 1 unspecified atom stereocenters. The number of carbonyl (C=O) groups is 2. The van der Waals surface area contributed by atoms with E-state index in [0.717, 1.165) is 18.3 Å². The molecule has 40 heavy (non-hydrogen) atoms. The fourth-order valence-electron chi connectivity index (χ4n) is 4.40. The van der Waals surface area contributed by atoms with Gasteiger partial charge in [-0.15, -0.1) is 0 Å². The summed E-state index contributed by atoms with van der Waals surface area (Å²) in [5.41, 5.74) is -2.58. The van der Waals surface area contributed by atoms with Crippen LogP contribution in [-0.2, 0) is 4.79 Å². The van der Waals surface area contributed by atoms with Crippen LogP contribution in [0.4, 0.5) is 27.6 Å². The van der Waals surface area contributed by atoms with E-state index < -0.39 is 77.6 Å². The predicted molar refractivity (Wildman–Crippen MR) is 131 cm³/mol. The molecule has 1 aromatic heterocycles. The van der Waals surface area contributed by atoms with Crippen molar-refractivity contribution in [3.05, 3.63) is 87.1 Å². The molecular weight excluding hydrogens is 567 g/mol. The number of aliphatic hydroxyl groups is 1. The van der Waals surface area contributed by atoms with Crippen molar-refractivity contribution in [1.82, 2.24) is 14.9 Å². The average Bonchev–Trinajstić information content (AvgIpc) is 3.19. The normalized spacial score (nSPS) is 18.1. The first-order valence-corrected chi connectivity index (χ1v) is 11.9. The zero-order valence-electron chi connectivity index (χ0n) is 20.5. The van der Waals surface area contributed by atoms with Crippen LogP contribution in [0.2, 0.25) is 5.02 Å². The molecule has 4 rings (SSSR count). The fraction of sp³-hybridized carbons (Fsp3) is 0.280. The highest BCUT2D eigenvalue weighted by Crippen LogP contribution is 2.36. The number of nitrogens with one attached hydrogen (secondary N) is 1. The van der Waals surface area contributed by atoms with Crippen LogP contribution < -0.4 is 20.5 Å². The number of aliphatic hydroxyl groups excluding tert-OH is 1. The number of amides is 2. The van der Waals surface area contributed by atoms with Crippen molar-refractivity contribution in [2.24, 2.45) is 0 Å². The number of halogens is 6. The van der Waals surface area contributed by atoms with Crippen molar-refractivity contribution in [3.63, 3.8) is 0 Å². The molecule has 2 N–H and O–H groups in total. The Morgan fingerprint density at radius 2 is 1.82 bits per heavy atom. The number of methoxy groups -OCH3 is 1. The monoisotopic (exact) mass is 586 g/mol. The van der Waals surface area contributed by atoms with Gasteiger partial charge in [-0.3, -0.25) is 19.0 Å². The third-order valence-corrected chi connectivity index (χ3v) is 6.64. The van der Waals surface area contributed by atoms with Crippen LogP contribution in [0.15, 0.2) is 53.7 Å². The van der Waals surface area contributed by atoms with Gasteiger partial charge in [-0.2, -0.15) is 13.2 Å². The Morgan fingerprint density at radius 1 is 1.20 bits per heavy atom. The molecule has 2 amide bonds. The number of aromatic nitrogens is 2. The number of anilines is 1.